The number of hydrogen-bond donors (Lipinski definition) is 0. The van der Waals surface area contributed by atoms with E-state index < -0.39 is 5.41 Å². The Morgan fingerprint density at radius 3 is 1.47 bits per heavy atom. The van der Waals surface area contributed by atoms with Gasteiger partial charge >= 0.3 is 0 Å². The number of rotatable bonds is 4. The molecular formula is C53H32N4. The Kier molecular flexibility index (Phi) is 7.42. The van der Waals surface area contributed by atoms with Crippen molar-refractivity contribution in [3.8, 4) is 84.5 Å². The van der Waals surface area contributed by atoms with E-state index in [2.05, 4.69) is 163 Å². The molecule has 4 heteroatoms. The molecule has 0 bridgehead atoms. The summed E-state index contributed by atoms with van der Waals surface area (Å²) in [5.41, 5.74) is 19.1. The van der Waals surface area contributed by atoms with Gasteiger partial charge in [0.2, 0.25) is 0 Å². The lowest BCUT2D eigenvalue weighted by Crippen LogP contribution is -2.29. The maximum Gasteiger partial charge on any atom is 0.160 e. The van der Waals surface area contributed by atoms with E-state index >= 15 is 0 Å². The average Bonchev–Trinajstić information content (AvgIpc) is 3.54. The van der Waals surface area contributed by atoms with Gasteiger partial charge in [-0.1, -0.05) is 140 Å². The van der Waals surface area contributed by atoms with Gasteiger partial charge in [-0.3, -0.25) is 4.98 Å². The lowest BCUT2D eigenvalue weighted by molar-refractivity contribution is 0.775. The van der Waals surface area contributed by atoms with Crippen LogP contribution in [-0.2, 0) is 5.41 Å². The maximum absolute atomic E-state index is 9.53. The van der Waals surface area contributed by atoms with Crippen molar-refractivity contribution in [3.63, 3.8) is 0 Å². The molecule has 0 N–H and O–H groups in total. The second-order valence-electron chi connectivity index (χ2n) is 14.7. The molecule has 2 heterocycles. The van der Waals surface area contributed by atoms with Crippen LogP contribution in [0.5, 0.6) is 0 Å². The Morgan fingerprint density at radius 1 is 0.386 bits per heavy atom. The molecule has 0 saturated carbocycles. The summed E-state index contributed by atoms with van der Waals surface area (Å²) < 4.78 is 0. The zero-order chi connectivity index (χ0) is 37.9. The van der Waals surface area contributed by atoms with Crippen molar-refractivity contribution in [2.75, 3.05) is 0 Å². The van der Waals surface area contributed by atoms with Gasteiger partial charge in [0.25, 0.3) is 0 Å². The minimum Gasteiger partial charge on any atom is -0.264 e. The van der Waals surface area contributed by atoms with Gasteiger partial charge in [0.15, 0.2) is 5.82 Å². The standard InChI is InChI=1S/C53H32N4/c54-32-34-19-21-37(22-20-34)52-56-50(36-25-23-35(24-26-36)39-10-9-29-55-33-39)31-51(57-52)38-27-28-49-45(30-38)41-12-2-1-11-40(41)42-13-3-6-16-46(42)53(49)47-17-7-4-14-43(47)44-15-5-8-18-48(44)53/h1-31,33H. The van der Waals surface area contributed by atoms with Crippen LogP contribution in [0.2, 0.25) is 0 Å². The van der Waals surface area contributed by atoms with E-state index in [4.69, 9.17) is 9.97 Å². The van der Waals surface area contributed by atoms with Gasteiger partial charge in [0.05, 0.1) is 28.4 Å². The van der Waals surface area contributed by atoms with E-state index in [1.54, 1.807) is 6.20 Å². The molecule has 0 radical (unpaired) electrons. The first-order valence-electron chi connectivity index (χ1n) is 19.1. The molecular weight excluding hydrogens is 693 g/mol. The fraction of sp³-hybridized carbons (Fsp3) is 0.0189. The van der Waals surface area contributed by atoms with Crippen LogP contribution < -0.4 is 0 Å². The lowest BCUT2D eigenvalue weighted by Gasteiger charge is -2.35. The first-order valence-corrected chi connectivity index (χ1v) is 19.1. The summed E-state index contributed by atoms with van der Waals surface area (Å²) in [6.45, 7) is 0. The molecule has 0 amide bonds. The highest BCUT2D eigenvalue weighted by molar-refractivity contribution is 5.98. The molecule has 0 fully saturated rings. The van der Waals surface area contributed by atoms with E-state index in [0.29, 0.717) is 11.4 Å². The van der Waals surface area contributed by atoms with Gasteiger partial charge in [-0.05, 0) is 109 Å². The van der Waals surface area contributed by atoms with Crippen LogP contribution in [0.1, 0.15) is 27.8 Å². The second-order valence-corrected chi connectivity index (χ2v) is 14.7. The van der Waals surface area contributed by atoms with Gasteiger partial charge < -0.3 is 0 Å². The smallest absolute Gasteiger partial charge is 0.160 e. The van der Waals surface area contributed by atoms with E-state index in [9.17, 15) is 5.26 Å². The SMILES string of the molecule is N#Cc1ccc(-c2nc(-c3ccc(-c4cccnc4)cc3)cc(-c3ccc4c(c3)-c3ccccc3-c3ccccc3C43c4ccccc4-c4ccccc43)n2)cc1. The minimum atomic E-state index is -0.544. The van der Waals surface area contributed by atoms with E-state index in [1.807, 2.05) is 36.5 Å². The molecule has 1 spiro atoms. The molecule has 0 unspecified atom stereocenters. The number of hydrogen-bond acceptors (Lipinski definition) is 4. The first kappa shape index (κ1) is 32.7. The Labute approximate surface area is 331 Å². The van der Waals surface area contributed by atoms with E-state index in [-0.39, 0.29) is 0 Å². The molecule has 264 valence electrons. The largest absolute Gasteiger partial charge is 0.264 e. The monoisotopic (exact) mass is 724 g/mol. The molecule has 2 aliphatic carbocycles. The third-order valence-corrected chi connectivity index (χ3v) is 11.7. The number of nitriles is 1. The lowest BCUT2D eigenvalue weighted by atomic mass is 9.66. The number of aromatic nitrogens is 3. The molecule has 9 aromatic rings. The fourth-order valence-electron chi connectivity index (χ4n) is 9.14. The van der Waals surface area contributed by atoms with Gasteiger partial charge in [-0.25, -0.2) is 9.97 Å². The number of pyridine rings is 1. The van der Waals surface area contributed by atoms with Crippen LogP contribution in [0, 0.1) is 11.3 Å². The van der Waals surface area contributed by atoms with Crippen molar-refractivity contribution in [1.29, 1.82) is 5.26 Å². The summed E-state index contributed by atoms with van der Waals surface area (Å²) in [7, 11) is 0. The van der Waals surface area contributed by atoms with Gasteiger partial charge in [-0.15, -0.1) is 0 Å². The molecule has 2 aromatic heterocycles. The zero-order valence-corrected chi connectivity index (χ0v) is 30.8. The number of benzene rings is 7. The minimum absolute atomic E-state index is 0.544. The predicted octanol–water partition coefficient (Wildman–Crippen LogP) is 12.4. The van der Waals surface area contributed by atoms with Crippen molar-refractivity contribution >= 4 is 0 Å². The molecule has 57 heavy (non-hydrogen) atoms. The maximum atomic E-state index is 9.53. The predicted molar refractivity (Wildman–Crippen MR) is 228 cm³/mol. The van der Waals surface area contributed by atoms with Crippen molar-refractivity contribution in [2.24, 2.45) is 0 Å². The highest BCUT2D eigenvalue weighted by atomic mass is 14.9. The first-order chi connectivity index (χ1) is 28.2. The molecule has 0 aliphatic heterocycles. The third kappa shape index (κ3) is 5.03. The summed E-state index contributed by atoms with van der Waals surface area (Å²) in [5, 5.41) is 9.53. The summed E-state index contributed by atoms with van der Waals surface area (Å²) >= 11 is 0. The molecule has 7 aromatic carbocycles. The number of fused-ring (bicyclic) bond motifs is 12. The second kappa shape index (κ2) is 12.9. The summed E-state index contributed by atoms with van der Waals surface area (Å²) in [6.07, 6.45) is 3.67. The topological polar surface area (TPSA) is 62.5 Å². The van der Waals surface area contributed by atoms with Crippen molar-refractivity contribution in [1.82, 2.24) is 15.0 Å². The number of nitrogens with zero attached hydrogens (tertiary/aromatic N) is 4. The normalized spacial score (nSPS) is 12.7. The Hall–Kier alpha value is -7.74. The van der Waals surface area contributed by atoms with Gasteiger partial charge in [0.1, 0.15) is 0 Å². The van der Waals surface area contributed by atoms with E-state index in [0.717, 1.165) is 39.2 Å². The van der Waals surface area contributed by atoms with Gasteiger partial charge in [-0.2, -0.15) is 5.26 Å². The summed E-state index contributed by atoms with van der Waals surface area (Å²) in [6, 6.07) is 66.8. The Morgan fingerprint density at radius 2 is 0.877 bits per heavy atom. The summed E-state index contributed by atoms with van der Waals surface area (Å²) in [4.78, 5) is 14.7. The third-order valence-electron chi connectivity index (χ3n) is 11.7. The quantitative estimate of drug-likeness (QED) is 0.181. The highest BCUT2D eigenvalue weighted by Gasteiger charge is 2.49. The molecule has 4 nitrogen and oxygen atoms in total. The Bertz CT molecular complexity index is 3020. The van der Waals surface area contributed by atoms with Crippen LogP contribution in [0.15, 0.2) is 194 Å². The van der Waals surface area contributed by atoms with Crippen molar-refractivity contribution in [3.05, 3.63) is 222 Å². The van der Waals surface area contributed by atoms with Crippen molar-refractivity contribution in [2.45, 2.75) is 5.41 Å². The fourth-order valence-corrected chi connectivity index (χ4v) is 9.14. The molecule has 11 rings (SSSR count). The Balaban J connectivity index is 1.16. The van der Waals surface area contributed by atoms with Crippen LogP contribution >= 0.6 is 0 Å². The molecule has 2 aliphatic rings. The van der Waals surface area contributed by atoms with Crippen LogP contribution in [0.4, 0.5) is 0 Å². The van der Waals surface area contributed by atoms with Gasteiger partial charge in [0, 0.05) is 29.1 Å². The summed E-state index contributed by atoms with van der Waals surface area (Å²) in [5.74, 6) is 0.598. The van der Waals surface area contributed by atoms with Crippen molar-refractivity contribution < 1.29 is 0 Å². The van der Waals surface area contributed by atoms with Crippen LogP contribution in [-0.4, -0.2) is 15.0 Å². The highest BCUT2D eigenvalue weighted by Crippen LogP contribution is 2.61. The van der Waals surface area contributed by atoms with Crippen LogP contribution in [0.3, 0.4) is 0 Å². The molecule has 0 saturated heterocycles. The average molecular weight is 725 g/mol. The van der Waals surface area contributed by atoms with Crippen LogP contribution in [0.25, 0.3) is 78.4 Å². The van der Waals surface area contributed by atoms with E-state index in [1.165, 1.54) is 55.6 Å². The molecule has 0 atom stereocenters. The zero-order valence-electron chi connectivity index (χ0n) is 30.8.